The van der Waals surface area contributed by atoms with Crippen LogP contribution in [0.2, 0.25) is 10.0 Å². The fraction of sp³-hybridized carbons (Fsp3) is 0.429. The van der Waals surface area contributed by atoms with Crippen LogP contribution in [0, 0.1) is 5.92 Å². The van der Waals surface area contributed by atoms with Crippen molar-refractivity contribution >= 4 is 35.1 Å². The van der Waals surface area contributed by atoms with Crippen molar-refractivity contribution in [2.45, 2.75) is 12.8 Å². The van der Waals surface area contributed by atoms with E-state index in [9.17, 15) is 9.59 Å². The number of carbonyl (C=O) groups is 2. The van der Waals surface area contributed by atoms with Crippen molar-refractivity contribution in [3.63, 3.8) is 0 Å². The number of benzene rings is 1. The lowest BCUT2D eigenvalue weighted by Crippen LogP contribution is -2.42. The van der Waals surface area contributed by atoms with Gasteiger partial charge in [0.05, 0.1) is 28.6 Å². The van der Waals surface area contributed by atoms with Gasteiger partial charge in [-0.1, -0.05) is 29.3 Å². The molecule has 108 valence electrons. The van der Waals surface area contributed by atoms with Gasteiger partial charge in [0, 0.05) is 13.1 Å². The van der Waals surface area contributed by atoms with E-state index in [1.54, 1.807) is 23.1 Å². The summed E-state index contributed by atoms with van der Waals surface area (Å²) in [6, 6.07) is 4.95. The summed E-state index contributed by atoms with van der Waals surface area (Å²) in [6.07, 6.45) is 1.50. The molecule has 6 heteroatoms. The van der Waals surface area contributed by atoms with Crippen LogP contribution in [0.3, 0.4) is 0 Å². The molecule has 1 aliphatic rings. The predicted molar refractivity (Wildman–Crippen MR) is 77.1 cm³/mol. The molecule has 1 amide bonds. The normalized spacial score (nSPS) is 18.8. The van der Waals surface area contributed by atoms with Crippen molar-refractivity contribution in [1.29, 1.82) is 0 Å². The number of halogens is 2. The lowest BCUT2D eigenvalue weighted by Gasteiger charge is -2.31. The Morgan fingerprint density at radius 2 is 2.10 bits per heavy atom. The summed E-state index contributed by atoms with van der Waals surface area (Å²) in [4.78, 5) is 25.7. The zero-order chi connectivity index (χ0) is 14.7. The molecule has 1 aromatic rings. The summed E-state index contributed by atoms with van der Waals surface area (Å²) in [7, 11) is 1.36. The number of likely N-dealkylation sites (tertiary alicyclic amines) is 1. The molecule has 0 spiro atoms. The highest BCUT2D eigenvalue weighted by Crippen LogP contribution is 2.28. The number of esters is 1. The molecule has 4 nitrogen and oxygen atoms in total. The maximum absolute atomic E-state index is 12.5. The lowest BCUT2D eigenvalue weighted by atomic mass is 9.97. The summed E-state index contributed by atoms with van der Waals surface area (Å²) in [5.74, 6) is -0.749. The van der Waals surface area contributed by atoms with Gasteiger partial charge >= 0.3 is 5.97 Å². The standard InChI is InChI=1S/C14H15Cl2NO3/c1-20-14(19)9-4-3-7-17(8-9)13(18)10-5-2-6-11(15)12(10)16/h2,5-6,9H,3-4,7-8H2,1H3/t9-/m0/s1. The van der Waals surface area contributed by atoms with Crippen molar-refractivity contribution in [3.05, 3.63) is 33.8 Å². The monoisotopic (exact) mass is 315 g/mol. The van der Waals surface area contributed by atoms with Gasteiger partial charge in [0.1, 0.15) is 0 Å². The summed E-state index contributed by atoms with van der Waals surface area (Å²) >= 11 is 12.0. The van der Waals surface area contributed by atoms with E-state index in [0.717, 1.165) is 12.8 Å². The van der Waals surface area contributed by atoms with E-state index in [2.05, 4.69) is 0 Å². The molecule has 20 heavy (non-hydrogen) atoms. The van der Waals surface area contributed by atoms with Crippen LogP contribution >= 0.6 is 23.2 Å². The van der Waals surface area contributed by atoms with Gasteiger partial charge in [0.15, 0.2) is 0 Å². The van der Waals surface area contributed by atoms with Crippen LogP contribution in [0.4, 0.5) is 0 Å². The fourth-order valence-corrected chi connectivity index (χ4v) is 2.74. The molecule has 1 heterocycles. The maximum atomic E-state index is 12.5. The van der Waals surface area contributed by atoms with Crippen LogP contribution in [0.25, 0.3) is 0 Å². The minimum atomic E-state index is -0.278. The third-order valence-electron chi connectivity index (χ3n) is 3.43. The molecular formula is C14H15Cl2NO3. The largest absolute Gasteiger partial charge is 0.469 e. The van der Waals surface area contributed by atoms with Crippen LogP contribution in [0.15, 0.2) is 18.2 Å². The zero-order valence-corrected chi connectivity index (χ0v) is 12.6. The number of piperidine rings is 1. The Labute approximate surface area is 127 Å². The van der Waals surface area contributed by atoms with Gasteiger partial charge in [-0.05, 0) is 25.0 Å². The van der Waals surface area contributed by atoms with Crippen LogP contribution < -0.4 is 0 Å². The van der Waals surface area contributed by atoms with Gasteiger partial charge in [-0.2, -0.15) is 0 Å². The Morgan fingerprint density at radius 3 is 2.80 bits per heavy atom. The molecule has 0 saturated carbocycles. The van der Waals surface area contributed by atoms with Crippen molar-refractivity contribution < 1.29 is 14.3 Å². The van der Waals surface area contributed by atoms with Gasteiger partial charge in [0.25, 0.3) is 5.91 Å². The Bertz CT molecular complexity index is 533. The molecule has 0 radical (unpaired) electrons. The number of methoxy groups -OCH3 is 1. The van der Waals surface area contributed by atoms with Gasteiger partial charge in [-0.15, -0.1) is 0 Å². The second kappa shape index (κ2) is 6.46. The van der Waals surface area contributed by atoms with Gasteiger partial charge < -0.3 is 9.64 Å². The third-order valence-corrected chi connectivity index (χ3v) is 4.24. The van der Waals surface area contributed by atoms with Crippen LogP contribution in [0.1, 0.15) is 23.2 Å². The first-order valence-electron chi connectivity index (χ1n) is 6.35. The molecule has 1 atom stereocenters. The first-order valence-corrected chi connectivity index (χ1v) is 7.11. The second-order valence-electron chi connectivity index (χ2n) is 4.71. The van der Waals surface area contributed by atoms with E-state index < -0.39 is 0 Å². The van der Waals surface area contributed by atoms with E-state index in [4.69, 9.17) is 27.9 Å². The average Bonchev–Trinajstić information content (AvgIpc) is 2.48. The van der Waals surface area contributed by atoms with E-state index in [0.29, 0.717) is 23.7 Å². The maximum Gasteiger partial charge on any atom is 0.310 e. The molecule has 1 aromatic carbocycles. The highest BCUT2D eigenvalue weighted by molar-refractivity contribution is 6.43. The van der Waals surface area contributed by atoms with Crippen molar-refractivity contribution in [3.8, 4) is 0 Å². The first kappa shape index (κ1) is 15.1. The third kappa shape index (κ3) is 3.07. The van der Waals surface area contributed by atoms with Gasteiger partial charge in [-0.25, -0.2) is 0 Å². The minimum absolute atomic E-state index is 0.203. The van der Waals surface area contributed by atoms with Crippen LogP contribution in [0.5, 0.6) is 0 Å². The second-order valence-corrected chi connectivity index (χ2v) is 5.50. The Kier molecular flexibility index (Phi) is 4.89. The minimum Gasteiger partial charge on any atom is -0.469 e. The Balaban J connectivity index is 2.16. The summed E-state index contributed by atoms with van der Waals surface area (Å²) in [6.45, 7) is 0.962. The zero-order valence-electron chi connectivity index (χ0n) is 11.1. The number of nitrogens with zero attached hydrogens (tertiary/aromatic N) is 1. The molecule has 0 bridgehead atoms. The van der Waals surface area contributed by atoms with Gasteiger partial charge in [-0.3, -0.25) is 9.59 Å². The molecule has 0 aromatic heterocycles. The predicted octanol–water partition coefficient (Wildman–Crippen LogP) is 3.02. The number of hydrogen-bond acceptors (Lipinski definition) is 3. The lowest BCUT2D eigenvalue weighted by molar-refractivity contribution is -0.146. The molecule has 0 unspecified atom stereocenters. The summed E-state index contributed by atoms with van der Waals surface area (Å²) < 4.78 is 4.74. The first-order chi connectivity index (χ1) is 9.54. The Hall–Kier alpha value is -1.26. The SMILES string of the molecule is COC(=O)[C@H]1CCCN(C(=O)c2cccc(Cl)c2Cl)C1. The molecule has 1 saturated heterocycles. The fourth-order valence-electron chi connectivity index (χ4n) is 2.36. The van der Waals surface area contributed by atoms with Crippen LogP contribution in [-0.2, 0) is 9.53 Å². The number of amides is 1. The van der Waals surface area contributed by atoms with E-state index in [1.165, 1.54) is 7.11 Å². The van der Waals surface area contributed by atoms with E-state index >= 15 is 0 Å². The molecule has 1 aliphatic heterocycles. The van der Waals surface area contributed by atoms with E-state index in [1.807, 2.05) is 0 Å². The van der Waals surface area contributed by atoms with Crippen molar-refractivity contribution in [2.75, 3.05) is 20.2 Å². The quantitative estimate of drug-likeness (QED) is 0.788. The average molecular weight is 316 g/mol. The number of rotatable bonds is 2. The summed E-state index contributed by atoms with van der Waals surface area (Å²) in [5.41, 5.74) is 0.365. The van der Waals surface area contributed by atoms with Crippen molar-refractivity contribution in [2.24, 2.45) is 5.92 Å². The van der Waals surface area contributed by atoms with Crippen LogP contribution in [-0.4, -0.2) is 37.0 Å². The Morgan fingerprint density at radius 1 is 1.35 bits per heavy atom. The smallest absolute Gasteiger partial charge is 0.310 e. The molecule has 2 rings (SSSR count). The van der Waals surface area contributed by atoms with Crippen molar-refractivity contribution in [1.82, 2.24) is 4.90 Å². The molecule has 0 N–H and O–H groups in total. The number of carbonyl (C=O) groups excluding carboxylic acids is 2. The van der Waals surface area contributed by atoms with E-state index in [-0.39, 0.29) is 22.8 Å². The topological polar surface area (TPSA) is 46.6 Å². The number of hydrogen-bond donors (Lipinski definition) is 0. The molecule has 0 aliphatic carbocycles. The highest BCUT2D eigenvalue weighted by atomic mass is 35.5. The van der Waals surface area contributed by atoms with Gasteiger partial charge in [0.2, 0.25) is 0 Å². The molecular weight excluding hydrogens is 301 g/mol. The number of ether oxygens (including phenoxy) is 1. The molecule has 1 fully saturated rings. The highest BCUT2D eigenvalue weighted by Gasteiger charge is 2.30. The summed E-state index contributed by atoms with van der Waals surface area (Å²) in [5, 5.41) is 0.596.